The molecule has 0 aliphatic carbocycles. The number of rotatable bonds is 5. The second-order valence-electron chi connectivity index (χ2n) is 7.48. The van der Waals surface area contributed by atoms with Gasteiger partial charge in [0.05, 0.1) is 41.0 Å². The van der Waals surface area contributed by atoms with E-state index >= 15 is 0 Å². The minimum atomic E-state index is -1.20. The van der Waals surface area contributed by atoms with E-state index in [1.807, 2.05) is 0 Å². The van der Waals surface area contributed by atoms with Crippen molar-refractivity contribution in [2.24, 2.45) is 0 Å². The average molecular weight is 480 g/mol. The summed E-state index contributed by atoms with van der Waals surface area (Å²) in [6.45, 7) is 6.31. The summed E-state index contributed by atoms with van der Waals surface area (Å²) in [4.78, 5) is 22.3. The summed E-state index contributed by atoms with van der Waals surface area (Å²) in [5.74, 6) is 1.95. The van der Waals surface area contributed by atoms with Crippen molar-refractivity contribution in [2.45, 2.75) is 19.6 Å². The van der Waals surface area contributed by atoms with Crippen LogP contribution in [0.1, 0.15) is 10.4 Å². The van der Waals surface area contributed by atoms with E-state index in [4.69, 9.17) is 38.2 Å². The monoisotopic (exact) mass is 479 g/mol. The molecule has 0 saturated carbocycles. The average Bonchev–Trinajstić information content (AvgIpc) is 3.10. The molecular weight excluding hydrogens is 457 g/mol. The van der Waals surface area contributed by atoms with Gasteiger partial charge in [-0.15, -0.1) is 0 Å². The third-order valence-corrected chi connectivity index (χ3v) is 5.38. The van der Waals surface area contributed by atoms with Gasteiger partial charge in [0.25, 0.3) is 0 Å². The number of ether oxygens (including phenoxy) is 2. The summed E-state index contributed by atoms with van der Waals surface area (Å²) >= 11 is 12.3. The number of aromatic amines is 1. The highest BCUT2D eigenvalue weighted by molar-refractivity contribution is 6.98. The summed E-state index contributed by atoms with van der Waals surface area (Å²) in [7, 11) is 1.59. The fraction of sp³-hybridized carbons (Fsp3) is 0.250. The van der Waals surface area contributed by atoms with E-state index in [-0.39, 0.29) is 0 Å². The lowest BCUT2D eigenvalue weighted by molar-refractivity contribution is 0.00679. The van der Waals surface area contributed by atoms with Crippen LogP contribution < -0.4 is 10.1 Å². The van der Waals surface area contributed by atoms with Crippen molar-refractivity contribution in [1.29, 1.82) is 0 Å². The number of hydrogen-bond donors (Lipinski definition) is 2. The minimum Gasteiger partial charge on any atom is -0.496 e. The molecule has 0 unspecified atom stereocenters. The van der Waals surface area contributed by atoms with Crippen LogP contribution in [0.15, 0.2) is 30.3 Å². The van der Waals surface area contributed by atoms with Crippen molar-refractivity contribution in [3.8, 4) is 5.75 Å². The first-order chi connectivity index (χ1) is 14.6. The van der Waals surface area contributed by atoms with Crippen LogP contribution in [0.3, 0.4) is 0 Å². The van der Waals surface area contributed by atoms with Crippen LogP contribution in [0.5, 0.6) is 5.75 Å². The van der Waals surface area contributed by atoms with E-state index < -0.39 is 14.0 Å². The van der Waals surface area contributed by atoms with Crippen LogP contribution in [0.25, 0.3) is 16.6 Å². The molecule has 2 N–H and O–H groups in total. The van der Waals surface area contributed by atoms with Gasteiger partial charge < -0.3 is 25.3 Å². The first-order valence-electron chi connectivity index (χ1n) is 9.15. The number of carbonyl (C=O) groups is 1. The van der Waals surface area contributed by atoms with Crippen molar-refractivity contribution in [2.75, 3.05) is 19.5 Å². The van der Waals surface area contributed by atoms with Crippen LogP contribution in [-0.4, -0.2) is 48.9 Å². The summed E-state index contributed by atoms with van der Waals surface area (Å²) in [5.41, 5.74) is 10.1. The number of H-pyrrole nitrogens is 1. The molecule has 0 spiro atoms. The van der Waals surface area contributed by atoms with Gasteiger partial charge in [-0.25, -0.2) is 9.78 Å². The molecule has 1 heterocycles. The second kappa shape index (κ2) is 10.5. The second-order valence-corrected chi connectivity index (χ2v) is 13.3. The van der Waals surface area contributed by atoms with Crippen LogP contribution in [0, 0.1) is 0 Å². The lowest BCUT2D eigenvalue weighted by atomic mass is 10.2. The Balaban J connectivity index is 0.000000423. The third-order valence-electron chi connectivity index (χ3n) is 3.86. The molecule has 0 bridgehead atoms. The number of carbonyl (C=O) groups excluding carboxylic acids is 1. The van der Waals surface area contributed by atoms with Gasteiger partial charge in [-0.1, -0.05) is 48.9 Å². The highest BCUT2D eigenvalue weighted by atomic mass is 35.5. The fourth-order valence-corrected chi connectivity index (χ4v) is 3.28. The molecule has 0 amide bonds. The van der Waals surface area contributed by atoms with Crippen LogP contribution in [0.4, 0.5) is 11.6 Å². The smallest absolute Gasteiger partial charge is 0.341 e. The SMILES string of the molecule is COC(=O)c1cc2[nH]c(Nc3c(Cl)cccc3Cl)nc2cc1OC.C[Si](C)(C)C=[N+]=[N-]. The van der Waals surface area contributed by atoms with Crippen molar-refractivity contribution < 1.29 is 19.1 Å². The predicted octanol–water partition coefficient (Wildman–Crippen LogP) is 5.57. The van der Waals surface area contributed by atoms with Crippen LogP contribution in [0.2, 0.25) is 29.7 Å². The quantitative estimate of drug-likeness (QED) is 0.163. The molecule has 11 heteroatoms. The number of fused-ring (bicyclic) bond motifs is 1. The molecule has 0 aliphatic rings. The standard InChI is InChI=1S/C16H13Cl2N3O3.C4H10N2Si/c1-23-13-7-12-11(6-8(13)15(22)24-2)19-16(20-12)21-14-9(17)4-3-5-10(14)18;1-7(2,3)4-6-5/h3-7H,1-2H3,(H2,19,20,21);4H,1-3H3. The van der Waals surface area contributed by atoms with Crippen molar-refractivity contribution in [3.63, 3.8) is 0 Å². The molecule has 0 saturated heterocycles. The zero-order valence-electron chi connectivity index (χ0n) is 17.8. The molecule has 8 nitrogen and oxygen atoms in total. The molecule has 0 atom stereocenters. The Hall–Kier alpha value is -2.84. The number of aromatic nitrogens is 2. The van der Waals surface area contributed by atoms with E-state index in [0.717, 1.165) is 0 Å². The molecule has 31 heavy (non-hydrogen) atoms. The van der Waals surface area contributed by atoms with Gasteiger partial charge in [-0.2, -0.15) is 4.79 Å². The largest absolute Gasteiger partial charge is 0.496 e. The maximum Gasteiger partial charge on any atom is 0.341 e. The summed E-state index contributed by atoms with van der Waals surface area (Å²) in [6.07, 6.45) is 0. The van der Waals surface area contributed by atoms with E-state index in [0.29, 0.717) is 44.0 Å². The molecule has 164 valence electrons. The normalized spacial score (nSPS) is 10.5. The van der Waals surface area contributed by atoms with Gasteiger partial charge in [0.15, 0.2) is 8.07 Å². The molecule has 2 aromatic carbocycles. The maximum absolute atomic E-state index is 11.8. The number of halogens is 2. The number of benzene rings is 2. The molecule has 3 rings (SSSR count). The van der Waals surface area contributed by atoms with Crippen molar-refractivity contribution in [1.82, 2.24) is 9.97 Å². The highest BCUT2D eigenvalue weighted by Crippen LogP contribution is 2.33. The minimum absolute atomic E-state index is 0.304. The molecule has 0 radical (unpaired) electrons. The van der Waals surface area contributed by atoms with Gasteiger partial charge >= 0.3 is 5.97 Å². The number of esters is 1. The Kier molecular flexibility index (Phi) is 8.24. The van der Waals surface area contributed by atoms with E-state index in [9.17, 15) is 4.79 Å². The van der Waals surface area contributed by atoms with Gasteiger partial charge in [0.2, 0.25) is 11.8 Å². The zero-order valence-corrected chi connectivity index (χ0v) is 20.3. The summed E-state index contributed by atoms with van der Waals surface area (Å²) in [5, 5.41) is 3.98. The molecule has 0 fully saturated rings. The first kappa shape index (κ1) is 24.4. The topological polar surface area (TPSA) is 113 Å². The molecular formula is C20H23Cl2N5O3Si. The van der Waals surface area contributed by atoms with Gasteiger partial charge in [-0.05, 0) is 18.2 Å². The van der Waals surface area contributed by atoms with Gasteiger partial charge in [-0.3, -0.25) is 0 Å². The Morgan fingerprint density at radius 2 is 1.87 bits per heavy atom. The fourth-order valence-electron chi connectivity index (χ4n) is 2.44. The first-order valence-corrected chi connectivity index (χ1v) is 13.5. The summed E-state index contributed by atoms with van der Waals surface area (Å²) in [6, 6.07) is 8.46. The van der Waals surface area contributed by atoms with Gasteiger partial charge in [0, 0.05) is 6.07 Å². The van der Waals surface area contributed by atoms with Crippen LogP contribution in [-0.2, 0) is 4.74 Å². The predicted molar refractivity (Wildman–Crippen MR) is 127 cm³/mol. The van der Waals surface area contributed by atoms with Crippen molar-refractivity contribution >= 4 is 65.8 Å². The lowest BCUT2D eigenvalue weighted by Gasteiger charge is -2.06. The number of para-hydroxylation sites is 1. The van der Waals surface area contributed by atoms with Crippen molar-refractivity contribution in [3.05, 3.63) is 51.5 Å². The Morgan fingerprint density at radius 3 is 2.35 bits per heavy atom. The molecule has 0 aliphatic heterocycles. The number of anilines is 2. The maximum atomic E-state index is 11.8. The Bertz CT molecular complexity index is 1120. The van der Waals surface area contributed by atoms with E-state index in [1.165, 1.54) is 14.2 Å². The Labute approximate surface area is 191 Å². The van der Waals surface area contributed by atoms with E-state index in [1.54, 1.807) is 36.2 Å². The number of hydrogen-bond acceptors (Lipinski definition) is 5. The lowest BCUT2D eigenvalue weighted by Crippen LogP contribution is -2.22. The summed E-state index contributed by atoms with van der Waals surface area (Å²) < 4.78 is 9.98. The number of imidazole rings is 1. The van der Waals surface area contributed by atoms with E-state index in [2.05, 4.69) is 39.7 Å². The number of methoxy groups -OCH3 is 2. The number of nitrogens with one attached hydrogen (secondary N) is 2. The van der Waals surface area contributed by atoms with Gasteiger partial charge in [0.1, 0.15) is 11.3 Å². The Morgan fingerprint density at radius 1 is 1.23 bits per heavy atom. The van der Waals surface area contributed by atoms with Crippen LogP contribution >= 0.6 is 23.2 Å². The third kappa shape index (κ3) is 6.57. The zero-order chi connectivity index (χ0) is 23.2. The number of nitrogens with zero attached hydrogens (tertiary/aromatic N) is 3. The molecule has 3 aromatic rings. The molecule has 1 aromatic heterocycles. The highest BCUT2D eigenvalue weighted by Gasteiger charge is 2.17.